The van der Waals surface area contributed by atoms with Crippen LogP contribution in [0.4, 0.5) is 0 Å². The topological polar surface area (TPSA) is 50.3 Å². The Bertz CT molecular complexity index is 501. The molecule has 110 valence electrons. The Morgan fingerprint density at radius 3 is 2.42 bits per heavy atom. The molecule has 0 N–H and O–H groups in total. The van der Waals surface area contributed by atoms with E-state index in [0.29, 0.717) is 13.1 Å². The highest BCUT2D eigenvalue weighted by atomic mass is 32.2. The van der Waals surface area contributed by atoms with Gasteiger partial charge in [-0.1, -0.05) is 6.92 Å². The first-order valence-electron chi connectivity index (χ1n) is 6.48. The average Bonchev–Trinajstić information content (AvgIpc) is 2.68. The van der Waals surface area contributed by atoms with E-state index in [4.69, 9.17) is 0 Å². The Morgan fingerprint density at radius 1 is 1.37 bits per heavy atom. The van der Waals surface area contributed by atoms with Crippen LogP contribution in [0.25, 0.3) is 0 Å². The first-order chi connectivity index (χ1) is 8.62. The lowest BCUT2D eigenvalue weighted by Crippen LogP contribution is -2.43. The summed E-state index contributed by atoms with van der Waals surface area (Å²) in [4.78, 5) is 6.72. The van der Waals surface area contributed by atoms with Crippen molar-refractivity contribution in [1.29, 1.82) is 0 Å². The molecule has 0 aliphatic rings. The normalized spacial score (nSPS) is 13.2. The summed E-state index contributed by atoms with van der Waals surface area (Å²) < 4.78 is 22.7. The highest BCUT2D eigenvalue weighted by molar-refractivity contribution is 7.90. The Kier molecular flexibility index (Phi) is 5.53. The van der Waals surface area contributed by atoms with Crippen LogP contribution in [0, 0.1) is 0 Å². The predicted octanol–water partition coefficient (Wildman–Crippen LogP) is 2.35. The summed E-state index contributed by atoms with van der Waals surface area (Å²) in [5.74, 6) is 0.190. The summed E-state index contributed by atoms with van der Waals surface area (Å²) in [6.07, 6.45) is 2.23. The smallest absolute Gasteiger partial charge is 0.148 e. The van der Waals surface area contributed by atoms with E-state index in [1.807, 2.05) is 0 Å². The molecule has 0 saturated carbocycles. The van der Waals surface area contributed by atoms with Gasteiger partial charge in [-0.25, -0.2) is 13.4 Å². The van der Waals surface area contributed by atoms with Crippen LogP contribution in [-0.2, 0) is 22.8 Å². The van der Waals surface area contributed by atoms with Crippen molar-refractivity contribution in [3.63, 3.8) is 0 Å². The molecule has 0 amide bonds. The zero-order valence-corrected chi connectivity index (χ0v) is 14.1. The number of sulfone groups is 1. The number of aromatic nitrogens is 1. The fraction of sp³-hybridized carbons (Fsp3) is 0.769. The van der Waals surface area contributed by atoms with Gasteiger partial charge in [0.1, 0.15) is 9.84 Å². The molecule has 0 fully saturated rings. The van der Waals surface area contributed by atoms with Crippen LogP contribution in [0.5, 0.6) is 0 Å². The van der Waals surface area contributed by atoms with E-state index in [-0.39, 0.29) is 11.3 Å². The Hall–Kier alpha value is -0.460. The van der Waals surface area contributed by atoms with Gasteiger partial charge in [0.25, 0.3) is 0 Å². The number of rotatable bonds is 6. The number of nitrogens with zero attached hydrogens (tertiary/aromatic N) is 2. The van der Waals surface area contributed by atoms with Gasteiger partial charge in [-0.3, -0.25) is 4.90 Å². The summed E-state index contributed by atoms with van der Waals surface area (Å²) >= 11 is 1.67. The van der Waals surface area contributed by atoms with E-state index >= 15 is 0 Å². The molecule has 4 nitrogen and oxygen atoms in total. The SMILES string of the molecule is CCc1nc(CN(CCS(C)(=O)=O)C(C)(C)C)cs1. The van der Waals surface area contributed by atoms with Crippen LogP contribution in [0.3, 0.4) is 0 Å². The largest absolute Gasteiger partial charge is 0.292 e. The number of aryl methyl sites for hydroxylation is 1. The molecule has 0 saturated heterocycles. The summed E-state index contributed by atoms with van der Waals surface area (Å²) in [6.45, 7) is 9.64. The molecule has 0 atom stereocenters. The van der Waals surface area contributed by atoms with E-state index in [2.05, 4.69) is 43.0 Å². The van der Waals surface area contributed by atoms with Gasteiger partial charge in [-0.2, -0.15) is 0 Å². The molecule has 0 aliphatic heterocycles. The summed E-state index contributed by atoms with van der Waals surface area (Å²) in [6, 6.07) is 0. The average molecular weight is 304 g/mol. The van der Waals surface area contributed by atoms with Crippen LogP contribution in [0.2, 0.25) is 0 Å². The lowest BCUT2D eigenvalue weighted by Gasteiger charge is -2.35. The van der Waals surface area contributed by atoms with Crippen molar-refractivity contribution in [2.45, 2.75) is 46.2 Å². The van der Waals surface area contributed by atoms with Crippen LogP contribution in [0.15, 0.2) is 5.38 Å². The molecular weight excluding hydrogens is 280 g/mol. The molecule has 0 unspecified atom stereocenters. The van der Waals surface area contributed by atoms with Gasteiger partial charge in [0.05, 0.1) is 16.5 Å². The highest BCUT2D eigenvalue weighted by Crippen LogP contribution is 2.19. The van der Waals surface area contributed by atoms with Crippen molar-refractivity contribution in [2.24, 2.45) is 0 Å². The second-order valence-corrected chi connectivity index (χ2v) is 9.01. The van der Waals surface area contributed by atoms with E-state index < -0.39 is 9.84 Å². The minimum atomic E-state index is -2.93. The molecule has 0 spiro atoms. The molecule has 1 rings (SSSR count). The Balaban J connectivity index is 2.75. The third-order valence-corrected chi connectivity index (χ3v) is 4.90. The van der Waals surface area contributed by atoms with E-state index in [1.165, 1.54) is 6.26 Å². The van der Waals surface area contributed by atoms with E-state index in [9.17, 15) is 8.42 Å². The van der Waals surface area contributed by atoms with Crippen molar-refractivity contribution in [1.82, 2.24) is 9.88 Å². The molecule has 19 heavy (non-hydrogen) atoms. The predicted molar refractivity (Wildman–Crippen MR) is 81.4 cm³/mol. The minimum Gasteiger partial charge on any atom is -0.292 e. The zero-order chi connectivity index (χ0) is 14.7. The van der Waals surface area contributed by atoms with Crippen LogP contribution in [0.1, 0.15) is 38.4 Å². The maximum atomic E-state index is 11.3. The molecule has 1 heterocycles. The van der Waals surface area contributed by atoms with Crippen molar-refractivity contribution in [3.05, 3.63) is 16.1 Å². The van der Waals surface area contributed by atoms with Gasteiger partial charge in [-0.15, -0.1) is 11.3 Å². The maximum Gasteiger partial charge on any atom is 0.148 e. The van der Waals surface area contributed by atoms with Gasteiger partial charge in [0, 0.05) is 30.3 Å². The van der Waals surface area contributed by atoms with E-state index in [1.54, 1.807) is 11.3 Å². The molecule has 6 heteroatoms. The van der Waals surface area contributed by atoms with Crippen molar-refractivity contribution < 1.29 is 8.42 Å². The Morgan fingerprint density at radius 2 is 2.00 bits per heavy atom. The fourth-order valence-electron chi connectivity index (χ4n) is 1.71. The quantitative estimate of drug-likeness (QED) is 0.809. The number of hydrogen-bond donors (Lipinski definition) is 0. The van der Waals surface area contributed by atoms with Crippen molar-refractivity contribution >= 4 is 21.2 Å². The van der Waals surface area contributed by atoms with Gasteiger partial charge in [0.15, 0.2) is 0 Å². The molecule has 0 aliphatic carbocycles. The highest BCUT2D eigenvalue weighted by Gasteiger charge is 2.23. The molecule has 1 aromatic rings. The van der Waals surface area contributed by atoms with Crippen LogP contribution >= 0.6 is 11.3 Å². The lowest BCUT2D eigenvalue weighted by atomic mass is 10.1. The van der Waals surface area contributed by atoms with Gasteiger partial charge in [0.2, 0.25) is 0 Å². The third kappa shape index (κ3) is 6.01. The van der Waals surface area contributed by atoms with Gasteiger partial charge >= 0.3 is 0 Å². The monoisotopic (exact) mass is 304 g/mol. The van der Waals surface area contributed by atoms with E-state index in [0.717, 1.165) is 17.1 Å². The first kappa shape index (κ1) is 16.6. The second kappa shape index (κ2) is 6.33. The summed E-state index contributed by atoms with van der Waals surface area (Å²) in [5, 5.41) is 3.20. The minimum absolute atomic E-state index is 0.0688. The second-order valence-electron chi connectivity index (χ2n) is 5.81. The third-order valence-electron chi connectivity index (χ3n) is 2.94. The van der Waals surface area contributed by atoms with Crippen LogP contribution in [-0.4, -0.2) is 42.4 Å². The maximum absolute atomic E-state index is 11.3. The zero-order valence-electron chi connectivity index (χ0n) is 12.4. The first-order valence-corrected chi connectivity index (χ1v) is 9.42. The molecule has 0 bridgehead atoms. The standard InChI is InChI=1S/C13H24N2O2S2/c1-6-12-14-11(10-18-12)9-15(13(2,3)4)7-8-19(5,16)17/h10H,6-9H2,1-5H3. The summed E-state index contributed by atoms with van der Waals surface area (Å²) in [5.41, 5.74) is 0.964. The number of thiazole rings is 1. The number of hydrogen-bond acceptors (Lipinski definition) is 5. The van der Waals surface area contributed by atoms with Crippen LogP contribution < -0.4 is 0 Å². The van der Waals surface area contributed by atoms with Crippen molar-refractivity contribution in [3.8, 4) is 0 Å². The lowest BCUT2D eigenvalue weighted by molar-refractivity contribution is 0.135. The molecule has 0 radical (unpaired) electrons. The molecule has 0 aromatic carbocycles. The van der Waals surface area contributed by atoms with Gasteiger partial charge < -0.3 is 0 Å². The van der Waals surface area contributed by atoms with Gasteiger partial charge in [-0.05, 0) is 27.2 Å². The molecular formula is C13H24N2O2S2. The Labute approximate surface area is 120 Å². The molecule has 1 aromatic heterocycles. The fourth-order valence-corrected chi connectivity index (χ4v) is 3.00. The summed E-state index contributed by atoms with van der Waals surface area (Å²) in [7, 11) is -2.93. The van der Waals surface area contributed by atoms with Crippen molar-refractivity contribution in [2.75, 3.05) is 18.6 Å².